The first kappa shape index (κ1) is 12.4. The molecule has 3 nitrogen and oxygen atoms in total. The maximum absolute atomic E-state index is 9.32. The van der Waals surface area contributed by atoms with Gasteiger partial charge in [0, 0.05) is 23.2 Å². The van der Waals surface area contributed by atoms with E-state index in [-0.39, 0.29) is 18.6 Å². The number of rotatable bonds is 5. The fourth-order valence-corrected chi connectivity index (χ4v) is 2.46. The summed E-state index contributed by atoms with van der Waals surface area (Å²) in [6, 6.07) is 7.90. The van der Waals surface area contributed by atoms with Gasteiger partial charge in [-0.3, -0.25) is 0 Å². The Hall–Kier alpha value is -1.03. The minimum Gasteiger partial charge on any atom is -0.464 e. The third-order valence-corrected chi connectivity index (χ3v) is 3.46. The molecule has 0 amide bonds. The molecule has 0 aliphatic rings. The van der Waals surface area contributed by atoms with Crippen molar-refractivity contribution in [3.8, 4) is 0 Å². The fraction of sp³-hybridized carbons (Fsp3) is 0.385. The molecule has 2 atom stereocenters. The summed E-state index contributed by atoms with van der Waals surface area (Å²) in [5.41, 5.74) is 1.98. The highest BCUT2D eigenvalue weighted by molar-refractivity contribution is 6.18. The number of aliphatic hydroxyl groups excluding tert-OH is 1. The molecular formula is C13H16ClNO2. The Balaban J connectivity index is 2.34. The second kappa shape index (κ2) is 5.54. The van der Waals surface area contributed by atoms with Crippen LogP contribution in [0.5, 0.6) is 0 Å². The third kappa shape index (κ3) is 2.46. The molecule has 1 aromatic heterocycles. The van der Waals surface area contributed by atoms with E-state index in [2.05, 4.69) is 11.4 Å². The molecule has 0 fully saturated rings. The van der Waals surface area contributed by atoms with Crippen LogP contribution in [0.4, 0.5) is 0 Å². The molecule has 2 N–H and O–H groups in total. The van der Waals surface area contributed by atoms with Crippen LogP contribution in [0.15, 0.2) is 34.9 Å². The van der Waals surface area contributed by atoms with Crippen molar-refractivity contribution in [1.29, 1.82) is 0 Å². The largest absolute Gasteiger partial charge is 0.464 e. The molecular weight excluding hydrogens is 238 g/mol. The van der Waals surface area contributed by atoms with E-state index < -0.39 is 0 Å². The third-order valence-electron chi connectivity index (χ3n) is 3.12. The average molecular weight is 254 g/mol. The van der Waals surface area contributed by atoms with E-state index in [0.29, 0.717) is 5.88 Å². The highest BCUT2D eigenvalue weighted by Crippen LogP contribution is 2.25. The monoisotopic (exact) mass is 253 g/mol. The number of aliphatic hydroxyl groups is 1. The molecule has 17 heavy (non-hydrogen) atoms. The lowest BCUT2D eigenvalue weighted by Gasteiger charge is -2.23. The highest BCUT2D eigenvalue weighted by Gasteiger charge is 2.20. The van der Waals surface area contributed by atoms with Gasteiger partial charge in [-0.25, -0.2) is 0 Å². The highest BCUT2D eigenvalue weighted by atomic mass is 35.5. The van der Waals surface area contributed by atoms with Gasteiger partial charge in [0.25, 0.3) is 0 Å². The molecule has 2 rings (SSSR count). The topological polar surface area (TPSA) is 45.4 Å². The molecule has 0 saturated carbocycles. The van der Waals surface area contributed by atoms with Crippen molar-refractivity contribution in [2.24, 2.45) is 0 Å². The number of likely N-dealkylation sites (N-methyl/N-ethyl adjacent to an activating group) is 1. The number of fused-ring (bicyclic) bond motifs is 1. The molecule has 1 heterocycles. The Morgan fingerprint density at radius 2 is 2.24 bits per heavy atom. The maximum atomic E-state index is 9.32. The molecule has 0 bridgehead atoms. The SMILES string of the molecule is CNC(CO)C(CCl)c1ccc2occc2c1. The van der Waals surface area contributed by atoms with E-state index in [4.69, 9.17) is 16.0 Å². The molecule has 92 valence electrons. The number of nitrogens with one attached hydrogen (secondary N) is 1. The standard InChI is InChI=1S/C13H16ClNO2/c1-15-12(8-16)11(7-14)9-2-3-13-10(6-9)4-5-17-13/h2-6,11-12,15-16H,7-8H2,1H3. The first-order chi connectivity index (χ1) is 8.30. The first-order valence-electron chi connectivity index (χ1n) is 5.61. The molecule has 0 saturated heterocycles. The van der Waals surface area contributed by atoms with Crippen molar-refractivity contribution in [2.75, 3.05) is 19.5 Å². The Morgan fingerprint density at radius 3 is 2.88 bits per heavy atom. The number of hydrogen-bond donors (Lipinski definition) is 2. The molecule has 4 heteroatoms. The lowest BCUT2D eigenvalue weighted by atomic mass is 9.93. The van der Waals surface area contributed by atoms with Gasteiger partial charge in [-0.2, -0.15) is 0 Å². The molecule has 2 unspecified atom stereocenters. The summed E-state index contributed by atoms with van der Waals surface area (Å²) in [4.78, 5) is 0. The molecule has 0 radical (unpaired) electrons. The van der Waals surface area contributed by atoms with Gasteiger partial charge in [0.05, 0.1) is 12.9 Å². The van der Waals surface area contributed by atoms with E-state index in [0.717, 1.165) is 16.5 Å². The molecule has 0 aliphatic heterocycles. The van der Waals surface area contributed by atoms with Crippen LogP contribution in [0.25, 0.3) is 11.0 Å². The van der Waals surface area contributed by atoms with Crippen molar-refractivity contribution in [2.45, 2.75) is 12.0 Å². The Labute approximate surface area is 105 Å². The quantitative estimate of drug-likeness (QED) is 0.804. The van der Waals surface area contributed by atoms with Gasteiger partial charge in [0.15, 0.2) is 0 Å². The van der Waals surface area contributed by atoms with Crippen molar-refractivity contribution in [3.05, 3.63) is 36.1 Å². The molecule has 2 aromatic rings. The van der Waals surface area contributed by atoms with Gasteiger partial charge >= 0.3 is 0 Å². The van der Waals surface area contributed by atoms with Gasteiger partial charge in [-0.15, -0.1) is 11.6 Å². The summed E-state index contributed by atoms with van der Waals surface area (Å²) < 4.78 is 5.30. The second-order valence-corrected chi connectivity index (χ2v) is 4.37. The predicted octanol–water partition coefficient (Wildman–Crippen LogP) is 2.34. The summed E-state index contributed by atoms with van der Waals surface area (Å²) in [5, 5.41) is 13.5. The zero-order valence-corrected chi connectivity index (χ0v) is 10.4. The second-order valence-electron chi connectivity index (χ2n) is 4.06. The lowest BCUT2D eigenvalue weighted by molar-refractivity contribution is 0.234. The summed E-state index contributed by atoms with van der Waals surface area (Å²) >= 11 is 6.00. The fourth-order valence-electron chi connectivity index (χ4n) is 2.06. The van der Waals surface area contributed by atoms with Crippen molar-refractivity contribution < 1.29 is 9.52 Å². The minimum absolute atomic E-state index is 0.0307. The number of alkyl halides is 1. The Bertz CT molecular complexity index is 479. The van der Waals surface area contributed by atoms with Crippen molar-refractivity contribution in [1.82, 2.24) is 5.32 Å². The van der Waals surface area contributed by atoms with E-state index in [1.54, 1.807) is 6.26 Å². The van der Waals surface area contributed by atoms with Crippen LogP contribution in [-0.4, -0.2) is 30.7 Å². The number of benzene rings is 1. The Kier molecular flexibility index (Phi) is 4.05. The van der Waals surface area contributed by atoms with Crippen LogP contribution in [-0.2, 0) is 0 Å². The summed E-state index contributed by atoms with van der Waals surface area (Å²) in [6.07, 6.45) is 1.67. The zero-order valence-electron chi connectivity index (χ0n) is 9.69. The molecule has 0 spiro atoms. The number of furan rings is 1. The van der Waals surface area contributed by atoms with E-state index >= 15 is 0 Å². The smallest absolute Gasteiger partial charge is 0.133 e. The van der Waals surface area contributed by atoms with Crippen LogP contribution in [0.2, 0.25) is 0 Å². The van der Waals surface area contributed by atoms with Crippen LogP contribution in [0, 0.1) is 0 Å². The Morgan fingerprint density at radius 1 is 1.41 bits per heavy atom. The van der Waals surface area contributed by atoms with Crippen LogP contribution >= 0.6 is 11.6 Å². The number of hydrogen-bond acceptors (Lipinski definition) is 3. The van der Waals surface area contributed by atoms with Crippen LogP contribution < -0.4 is 5.32 Å². The molecule has 1 aromatic carbocycles. The maximum Gasteiger partial charge on any atom is 0.133 e. The zero-order chi connectivity index (χ0) is 12.3. The summed E-state index contributed by atoms with van der Waals surface area (Å²) in [6.45, 7) is 0.0668. The average Bonchev–Trinajstić information content (AvgIpc) is 2.82. The first-order valence-corrected chi connectivity index (χ1v) is 6.15. The van der Waals surface area contributed by atoms with Crippen molar-refractivity contribution >= 4 is 22.6 Å². The van der Waals surface area contributed by atoms with Crippen LogP contribution in [0.3, 0.4) is 0 Å². The van der Waals surface area contributed by atoms with Crippen molar-refractivity contribution in [3.63, 3.8) is 0 Å². The predicted molar refractivity (Wildman–Crippen MR) is 69.6 cm³/mol. The van der Waals surface area contributed by atoms with Gasteiger partial charge in [0.2, 0.25) is 0 Å². The van der Waals surface area contributed by atoms with Gasteiger partial charge in [-0.05, 0) is 30.8 Å². The lowest BCUT2D eigenvalue weighted by Crippen LogP contribution is -2.36. The van der Waals surface area contributed by atoms with Gasteiger partial charge < -0.3 is 14.8 Å². The van der Waals surface area contributed by atoms with E-state index in [1.165, 1.54) is 0 Å². The minimum atomic E-state index is -0.0307. The van der Waals surface area contributed by atoms with Crippen LogP contribution in [0.1, 0.15) is 11.5 Å². The van der Waals surface area contributed by atoms with E-state index in [9.17, 15) is 5.11 Å². The van der Waals surface area contributed by atoms with Gasteiger partial charge in [-0.1, -0.05) is 6.07 Å². The summed E-state index contributed by atoms with van der Waals surface area (Å²) in [7, 11) is 1.83. The molecule has 0 aliphatic carbocycles. The normalized spacial score (nSPS) is 15.0. The van der Waals surface area contributed by atoms with E-state index in [1.807, 2.05) is 25.2 Å². The number of halogens is 1. The summed E-state index contributed by atoms with van der Waals surface area (Å²) in [5.74, 6) is 0.557. The van der Waals surface area contributed by atoms with Gasteiger partial charge in [0.1, 0.15) is 5.58 Å².